The first-order chi connectivity index (χ1) is 13.4. The number of hydrogen-bond donors (Lipinski definition) is 2. The van der Waals surface area contributed by atoms with Gasteiger partial charge in [-0.3, -0.25) is 14.3 Å². The van der Waals surface area contributed by atoms with Crippen LogP contribution in [0.5, 0.6) is 0 Å². The third-order valence-corrected chi connectivity index (χ3v) is 4.26. The van der Waals surface area contributed by atoms with Gasteiger partial charge in [0.1, 0.15) is 11.5 Å². The van der Waals surface area contributed by atoms with Crippen LogP contribution in [0, 0.1) is 5.92 Å². The van der Waals surface area contributed by atoms with Crippen LogP contribution in [0.15, 0.2) is 14.1 Å². The molecule has 0 aliphatic carbocycles. The first-order valence-corrected chi connectivity index (χ1v) is 9.55. The predicted octanol–water partition coefficient (Wildman–Crippen LogP) is 1.15. The zero-order valence-corrected chi connectivity index (χ0v) is 17.0. The van der Waals surface area contributed by atoms with E-state index in [1.165, 1.54) is 4.57 Å². The van der Waals surface area contributed by atoms with Crippen LogP contribution in [0.1, 0.15) is 45.3 Å². The number of nitrogens with one attached hydrogen (secondary N) is 1. The lowest BCUT2D eigenvalue weighted by molar-refractivity contribution is 0.204. The Labute approximate surface area is 163 Å². The first-order valence-electron chi connectivity index (χ1n) is 9.55. The van der Waals surface area contributed by atoms with E-state index in [-0.39, 0.29) is 18.1 Å². The van der Waals surface area contributed by atoms with Crippen LogP contribution < -0.4 is 21.9 Å². The molecule has 2 aromatic rings. The average Bonchev–Trinajstić information content (AvgIpc) is 3.05. The van der Waals surface area contributed by atoms with Gasteiger partial charge in [-0.05, 0) is 12.3 Å². The van der Waals surface area contributed by atoms with Gasteiger partial charge < -0.3 is 19.9 Å². The molecule has 0 unspecified atom stereocenters. The highest BCUT2D eigenvalue weighted by molar-refractivity contribution is 5.62. The largest absolute Gasteiger partial charge is 0.383 e. The van der Waals surface area contributed by atoms with E-state index in [0.717, 1.165) is 12.8 Å². The second-order valence-corrected chi connectivity index (χ2v) is 7.11. The van der Waals surface area contributed by atoms with E-state index < -0.39 is 11.2 Å². The minimum atomic E-state index is -0.548. The number of methoxy groups -OCH3 is 1. The normalized spacial score (nSPS) is 11.3. The minimum Gasteiger partial charge on any atom is -0.383 e. The number of ether oxygens (including phenoxy) is 1. The van der Waals surface area contributed by atoms with Gasteiger partial charge in [0.15, 0.2) is 5.82 Å². The summed E-state index contributed by atoms with van der Waals surface area (Å²) in [7, 11) is 1.57. The van der Waals surface area contributed by atoms with Gasteiger partial charge in [0.2, 0.25) is 5.89 Å². The van der Waals surface area contributed by atoms with Crippen LogP contribution in [0.4, 0.5) is 11.5 Å². The van der Waals surface area contributed by atoms with Crippen LogP contribution in [0.2, 0.25) is 0 Å². The van der Waals surface area contributed by atoms with Gasteiger partial charge in [-0.15, -0.1) is 0 Å². The van der Waals surface area contributed by atoms with Gasteiger partial charge in [-0.2, -0.15) is 4.98 Å². The number of H-pyrrole nitrogens is 1. The lowest BCUT2D eigenvalue weighted by atomic mass is 10.1. The Morgan fingerprint density at radius 3 is 2.75 bits per heavy atom. The van der Waals surface area contributed by atoms with Crippen LogP contribution in [0.3, 0.4) is 0 Å². The van der Waals surface area contributed by atoms with Crippen molar-refractivity contribution in [1.82, 2.24) is 19.7 Å². The molecular weight excluding hydrogens is 364 g/mol. The zero-order valence-electron chi connectivity index (χ0n) is 17.0. The van der Waals surface area contributed by atoms with Crippen molar-refractivity contribution in [3.8, 4) is 0 Å². The van der Waals surface area contributed by atoms with Crippen molar-refractivity contribution in [3.63, 3.8) is 0 Å². The molecular formula is C18H30N6O4. The molecule has 2 aromatic heterocycles. The molecule has 10 heteroatoms. The fourth-order valence-electron chi connectivity index (χ4n) is 2.86. The zero-order chi connectivity index (χ0) is 20.7. The molecule has 0 fully saturated rings. The van der Waals surface area contributed by atoms with Gasteiger partial charge in [0, 0.05) is 26.6 Å². The number of rotatable bonds is 11. The summed E-state index contributed by atoms with van der Waals surface area (Å²) in [5, 5.41) is 3.98. The van der Waals surface area contributed by atoms with Crippen molar-refractivity contribution in [2.75, 3.05) is 30.9 Å². The van der Waals surface area contributed by atoms with Gasteiger partial charge in [0.05, 0.1) is 13.2 Å². The van der Waals surface area contributed by atoms with E-state index in [0.29, 0.717) is 43.8 Å². The summed E-state index contributed by atoms with van der Waals surface area (Å²) in [5.41, 5.74) is 5.36. The summed E-state index contributed by atoms with van der Waals surface area (Å²) in [6.45, 7) is 7.51. The summed E-state index contributed by atoms with van der Waals surface area (Å²) in [5.74, 6) is 1.51. The number of unbranched alkanes of at least 4 members (excludes halogenated alkanes) is 1. The Morgan fingerprint density at radius 2 is 2.11 bits per heavy atom. The Bertz CT molecular complexity index is 870. The van der Waals surface area contributed by atoms with Gasteiger partial charge in [-0.25, -0.2) is 4.79 Å². The van der Waals surface area contributed by atoms with E-state index >= 15 is 0 Å². The smallest absolute Gasteiger partial charge is 0.330 e. The fourth-order valence-corrected chi connectivity index (χ4v) is 2.86. The van der Waals surface area contributed by atoms with E-state index in [1.54, 1.807) is 12.0 Å². The van der Waals surface area contributed by atoms with Crippen molar-refractivity contribution in [2.45, 2.75) is 53.1 Å². The summed E-state index contributed by atoms with van der Waals surface area (Å²) in [6, 6.07) is 0. The molecule has 0 radical (unpaired) electrons. The molecule has 0 aliphatic rings. The van der Waals surface area contributed by atoms with Crippen molar-refractivity contribution < 1.29 is 9.26 Å². The number of aromatic nitrogens is 4. The maximum absolute atomic E-state index is 12.5. The van der Waals surface area contributed by atoms with Crippen molar-refractivity contribution >= 4 is 11.5 Å². The minimum absolute atomic E-state index is 0.125. The summed E-state index contributed by atoms with van der Waals surface area (Å²) >= 11 is 0. The van der Waals surface area contributed by atoms with E-state index in [4.69, 9.17) is 15.0 Å². The quantitative estimate of drug-likeness (QED) is 0.580. The Balaban J connectivity index is 2.38. The number of nitrogens with zero attached hydrogens (tertiary/aromatic N) is 4. The molecule has 0 amide bonds. The van der Waals surface area contributed by atoms with E-state index in [2.05, 4.69) is 29.0 Å². The van der Waals surface area contributed by atoms with Crippen LogP contribution in [-0.2, 0) is 24.2 Å². The number of nitrogen functional groups attached to an aromatic ring is 1. The summed E-state index contributed by atoms with van der Waals surface area (Å²) < 4.78 is 11.9. The number of aromatic amines is 1. The Morgan fingerprint density at radius 1 is 1.36 bits per heavy atom. The average molecular weight is 394 g/mol. The molecule has 0 saturated carbocycles. The standard InChI is InChI=1S/C18H30N6O4/c1-5-6-7-24-16(19)15(17(25)21-18(24)26)23(8-9-27-4)11-14-20-13(22-28-14)10-12(2)3/h12H,5-11,19H2,1-4H3,(H,21,25,26). The molecule has 0 saturated heterocycles. The third-order valence-electron chi connectivity index (χ3n) is 4.26. The summed E-state index contributed by atoms with van der Waals surface area (Å²) in [6.07, 6.45) is 2.37. The monoisotopic (exact) mass is 394 g/mol. The lowest BCUT2D eigenvalue weighted by Crippen LogP contribution is -2.39. The second-order valence-electron chi connectivity index (χ2n) is 7.11. The molecule has 2 rings (SSSR count). The summed E-state index contributed by atoms with van der Waals surface area (Å²) in [4.78, 5) is 33.1. The maximum Gasteiger partial charge on any atom is 0.330 e. The number of anilines is 2. The van der Waals surface area contributed by atoms with Gasteiger partial charge in [0.25, 0.3) is 5.56 Å². The molecule has 2 heterocycles. The number of hydrogen-bond acceptors (Lipinski definition) is 8. The first kappa shape index (κ1) is 21.7. The second kappa shape index (κ2) is 10.1. The SMILES string of the molecule is CCCCn1c(N)c(N(CCOC)Cc2nc(CC(C)C)no2)c(=O)[nH]c1=O. The lowest BCUT2D eigenvalue weighted by Gasteiger charge is -2.24. The van der Waals surface area contributed by atoms with Gasteiger partial charge >= 0.3 is 5.69 Å². The maximum atomic E-state index is 12.5. The van der Waals surface area contributed by atoms with E-state index in [1.807, 2.05) is 6.92 Å². The van der Waals surface area contributed by atoms with Gasteiger partial charge in [-0.1, -0.05) is 32.3 Å². The number of nitrogens with two attached hydrogens (primary N) is 1. The Kier molecular flexibility index (Phi) is 7.80. The molecule has 0 bridgehead atoms. The molecule has 0 aliphatic heterocycles. The topological polar surface area (TPSA) is 132 Å². The Hall–Kier alpha value is -2.62. The fraction of sp³-hybridized carbons (Fsp3) is 0.667. The molecule has 0 atom stereocenters. The highest BCUT2D eigenvalue weighted by Crippen LogP contribution is 2.19. The molecule has 3 N–H and O–H groups in total. The van der Waals surface area contributed by atoms with Crippen molar-refractivity contribution in [2.24, 2.45) is 5.92 Å². The molecule has 28 heavy (non-hydrogen) atoms. The molecule has 156 valence electrons. The highest BCUT2D eigenvalue weighted by Gasteiger charge is 2.21. The molecule has 10 nitrogen and oxygen atoms in total. The predicted molar refractivity (Wildman–Crippen MR) is 106 cm³/mol. The van der Waals surface area contributed by atoms with Crippen molar-refractivity contribution in [3.05, 3.63) is 32.6 Å². The molecule has 0 spiro atoms. The highest BCUT2D eigenvalue weighted by atomic mass is 16.5. The van der Waals surface area contributed by atoms with E-state index in [9.17, 15) is 9.59 Å². The van der Waals surface area contributed by atoms with Crippen LogP contribution >= 0.6 is 0 Å². The third kappa shape index (κ3) is 5.44. The van der Waals surface area contributed by atoms with Crippen molar-refractivity contribution in [1.29, 1.82) is 0 Å². The molecule has 0 aromatic carbocycles. The van der Waals surface area contributed by atoms with Crippen LogP contribution in [0.25, 0.3) is 0 Å². The van der Waals surface area contributed by atoms with Crippen LogP contribution in [-0.4, -0.2) is 40.0 Å².